The maximum atomic E-state index is 13.1. The molecule has 1 aromatic carbocycles. The summed E-state index contributed by atoms with van der Waals surface area (Å²) in [6.45, 7) is 1.05. The maximum absolute atomic E-state index is 13.1. The Morgan fingerprint density at radius 2 is 2.08 bits per heavy atom. The van der Waals surface area contributed by atoms with Crippen LogP contribution in [-0.4, -0.2) is 42.8 Å². The van der Waals surface area contributed by atoms with Crippen molar-refractivity contribution in [1.82, 2.24) is 25.0 Å². The topological polar surface area (TPSA) is 88.2 Å². The Kier molecular flexibility index (Phi) is 4.21. The number of β-amino-alcohol motifs (C(OH)–C–C–N with tert-alkyl or cyclic N) is 1. The molecule has 0 saturated carbocycles. The molecule has 0 spiro atoms. The van der Waals surface area contributed by atoms with Gasteiger partial charge in [-0.15, -0.1) is 0 Å². The normalized spacial score (nSPS) is 20.9. The van der Waals surface area contributed by atoms with E-state index in [1.165, 1.54) is 12.1 Å². The zero-order valence-electron chi connectivity index (χ0n) is 13.3. The van der Waals surface area contributed by atoms with Crippen molar-refractivity contribution in [1.29, 1.82) is 0 Å². The van der Waals surface area contributed by atoms with Gasteiger partial charge in [0.15, 0.2) is 0 Å². The van der Waals surface area contributed by atoms with Gasteiger partial charge >= 0.3 is 0 Å². The van der Waals surface area contributed by atoms with Crippen LogP contribution in [0.3, 0.4) is 0 Å². The van der Waals surface area contributed by atoms with E-state index < -0.39 is 6.10 Å². The minimum absolute atomic E-state index is 0.196. The summed E-state index contributed by atoms with van der Waals surface area (Å²) in [6.07, 6.45) is 4.73. The fraction of sp³-hybridized carbons (Fsp3) is 0.294. The van der Waals surface area contributed by atoms with Gasteiger partial charge in [-0.2, -0.15) is 4.98 Å². The van der Waals surface area contributed by atoms with E-state index in [2.05, 4.69) is 20.1 Å². The molecule has 1 N–H and O–H groups in total. The van der Waals surface area contributed by atoms with Crippen molar-refractivity contribution in [3.63, 3.8) is 0 Å². The highest BCUT2D eigenvalue weighted by Crippen LogP contribution is 2.33. The zero-order chi connectivity index (χ0) is 17.2. The number of aromatic nitrogens is 4. The number of rotatable bonds is 4. The molecule has 1 aliphatic rings. The van der Waals surface area contributed by atoms with Gasteiger partial charge in [-0.3, -0.25) is 9.88 Å². The van der Waals surface area contributed by atoms with E-state index in [0.29, 0.717) is 36.9 Å². The molecule has 0 radical (unpaired) electrons. The summed E-state index contributed by atoms with van der Waals surface area (Å²) in [5.74, 6) is 0.526. The third-order valence-electron chi connectivity index (χ3n) is 4.20. The highest BCUT2D eigenvalue weighted by Gasteiger charge is 2.36. The molecule has 3 heterocycles. The fourth-order valence-electron chi connectivity index (χ4n) is 3.02. The molecule has 3 aromatic rings. The summed E-state index contributed by atoms with van der Waals surface area (Å²) < 4.78 is 18.5. The lowest BCUT2D eigenvalue weighted by molar-refractivity contribution is 0.169. The Balaban J connectivity index is 1.55. The fourth-order valence-corrected chi connectivity index (χ4v) is 3.02. The van der Waals surface area contributed by atoms with Crippen LogP contribution in [0.15, 0.2) is 47.4 Å². The minimum Gasteiger partial charge on any atom is -0.392 e. The van der Waals surface area contributed by atoms with Gasteiger partial charge in [0.1, 0.15) is 11.5 Å². The molecule has 8 heteroatoms. The SMILES string of the molecule is OC1CC(c2nc(-c3cnccn3)no2)N(Cc2ccc(F)cc2)C1. The first-order valence-corrected chi connectivity index (χ1v) is 7.95. The average Bonchev–Trinajstić information content (AvgIpc) is 3.24. The van der Waals surface area contributed by atoms with Crippen LogP contribution in [0.25, 0.3) is 11.5 Å². The summed E-state index contributed by atoms with van der Waals surface area (Å²) in [5.41, 5.74) is 1.48. The number of benzene rings is 1. The Morgan fingerprint density at radius 3 is 2.84 bits per heavy atom. The van der Waals surface area contributed by atoms with Crippen molar-refractivity contribution in [2.45, 2.75) is 25.1 Å². The van der Waals surface area contributed by atoms with Gasteiger partial charge in [0.05, 0.1) is 18.3 Å². The predicted molar refractivity (Wildman–Crippen MR) is 85.5 cm³/mol. The number of hydrogen-bond acceptors (Lipinski definition) is 7. The molecule has 1 fully saturated rings. The van der Waals surface area contributed by atoms with Crippen LogP contribution in [-0.2, 0) is 6.54 Å². The van der Waals surface area contributed by atoms with Crippen molar-refractivity contribution in [3.05, 3.63) is 60.1 Å². The second-order valence-corrected chi connectivity index (χ2v) is 6.01. The summed E-state index contributed by atoms with van der Waals surface area (Å²) in [6, 6.07) is 6.12. The smallest absolute Gasteiger partial charge is 0.244 e. The third kappa shape index (κ3) is 3.40. The lowest BCUT2D eigenvalue weighted by Crippen LogP contribution is -2.24. The second kappa shape index (κ2) is 6.66. The monoisotopic (exact) mass is 341 g/mol. The van der Waals surface area contributed by atoms with Crippen LogP contribution in [0.2, 0.25) is 0 Å². The number of hydrogen-bond donors (Lipinski definition) is 1. The van der Waals surface area contributed by atoms with Gasteiger partial charge in [-0.25, -0.2) is 9.37 Å². The molecule has 2 atom stereocenters. The van der Waals surface area contributed by atoms with E-state index in [-0.39, 0.29) is 11.9 Å². The van der Waals surface area contributed by atoms with Gasteiger partial charge in [0.25, 0.3) is 0 Å². The van der Waals surface area contributed by atoms with Gasteiger partial charge < -0.3 is 9.63 Å². The first kappa shape index (κ1) is 15.8. The number of nitrogens with zero attached hydrogens (tertiary/aromatic N) is 5. The molecule has 0 bridgehead atoms. The molecular weight excluding hydrogens is 325 g/mol. The van der Waals surface area contributed by atoms with Crippen LogP contribution in [0.1, 0.15) is 23.9 Å². The van der Waals surface area contributed by atoms with E-state index >= 15 is 0 Å². The van der Waals surface area contributed by atoms with Crippen LogP contribution < -0.4 is 0 Å². The van der Waals surface area contributed by atoms with Crippen molar-refractivity contribution < 1.29 is 14.0 Å². The van der Waals surface area contributed by atoms with Gasteiger partial charge in [0, 0.05) is 25.5 Å². The van der Waals surface area contributed by atoms with Crippen molar-refractivity contribution in [2.75, 3.05) is 6.54 Å². The van der Waals surface area contributed by atoms with Gasteiger partial charge in [-0.05, 0) is 24.1 Å². The highest BCUT2D eigenvalue weighted by atomic mass is 19.1. The molecule has 0 amide bonds. The lowest BCUT2D eigenvalue weighted by Gasteiger charge is -2.21. The molecule has 1 saturated heterocycles. The van der Waals surface area contributed by atoms with E-state index in [4.69, 9.17) is 4.52 Å². The van der Waals surface area contributed by atoms with Crippen LogP contribution >= 0.6 is 0 Å². The maximum Gasteiger partial charge on any atom is 0.244 e. The molecule has 2 unspecified atom stereocenters. The van der Waals surface area contributed by atoms with Crippen molar-refractivity contribution >= 4 is 0 Å². The largest absolute Gasteiger partial charge is 0.392 e. The van der Waals surface area contributed by atoms with E-state index in [1.807, 2.05) is 4.90 Å². The Hall–Kier alpha value is -2.71. The highest BCUT2D eigenvalue weighted by molar-refractivity contribution is 5.45. The van der Waals surface area contributed by atoms with Crippen LogP contribution in [0.5, 0.6) is 0 Å². The first-order chi connectivity index (χ1) is 12.2. The van der Waals surface area contributed by atoms with Crippen molar-refractivity contribution in [3.8, 4) is 11.5 Å². The van der Waals surface area contributed by atoms with E-state index in [1.54, 1.807) is 30.7 Å². The lowest BCUT2D eigenvalue weighted by atomic mass is 10.1. The molecule has 7 nitrogen and oxygen atoms in total. The Morgan fingerprint density at radius 1 is 1.24 bits per heavy atom. The van der Waals surface area contributed by atoms with Crippen molar-refractivity contribution in [2.24, 2.45) is 0 Å². The Bertz CT molecular complexity index is 840. The second-order valence-electron chi connectivity index (χ2n) is 6.01. The van der Waals surface area contributed by atoms with Gasteiger partial charge in [-0.1, -0.05) is 17.3 Å². The molecule has 25 heavy (non-hydrogen) atoms. The Labute approximate surface area is 143 Å². The molecule has 128 valence electrons. The quantitative estimate of drug-likeness (QED) is 0.776. The standard InChI is InChI=1S/C17H16FN5O2/c18-12-3-1-11(2-4-12)9-23-10-13(24)7-15(23)17-21-16(22-25-17)14-8-19-5-6-20-14/h1-6,8,13,15,24H,7,9-10H2. The molecule has 0 aliphatic carbocycles. The summed E-state index contributed by atoms with van der Waals surface area (Å²) in [4.78, 5) is 14.6. The summed E-state index contributed by atoms with van der Waals surface area (Å²) >= 11 is 0. The van der Waals surface area contributed by atoms with Gasteiger partial charge in [0.2, 0.25) is 11.7 Å². The number of aliphatic hydroxyl groups excluding tert-OH is 1. The molecule has 4 rings (SSSR count). The summed E-state index contributed by atoms with van der Waals surface area (Å²) in [7, 11) is 0. The first-order valence-electron chi connectivity index (χ1n) is 7.95. The average molecular weight is 341 g/mol. The number of halogens is 1. The number of aliphatic hydroxyl groups is 1. The summed E-state index contributed by atoms with van der Waals surface area (Å²) in [5, 5.41) is 14.0. The number of likely N-dealkylation sites (tertiary alicyclic amines) is 1. The molecular formula is C17H16FN5O2. The van der Waals surface area contributed by atoms with E-state index in [9.17, 15) is 9.50 Å². The van der Waals surface area contributed by atoms with Crippen LogP contribution in [0.4, 0.5) is 4.39 Å². The minimum atomic E-state index is -0.475. The molecule has 2 aromatic heterocycles. The van der Waals surface area contributed by atoms with Crippen LogP contribution in [0, 0.1) is 5.82 Å². The van der Waals surface area contributed by atoms with E-state index in [0.717, 1.165) is 5.56 Å². The predicted octanol–water partition coefficient (Wildman–Crippen LogP) is 1.97. The third-order valence-corrected chi connectivity index (χ3v) is 4.20. The zero-order valence-corrected chi connectivity index (χ0v) is 13.3. The molecule has 1 aliphatic heterocycles.